The summed E-state index contributed by atoms with van der Waals surface area (Å²) >= 11 is 0. The maximum absolute atomic E-state index is 12.7. The number of amides is 2. The third-order valence-electron chi connectivity index (χ3n) is 5.18. The second kappa shape index (κ2) is 6.56. The molecule has 2 aromatic carbocycles. The Hall–Kier alpha value is -2.69. The number of para-hydroxylation sites is 1. The lowest BCUT2D eigenvalue weighted by Gasteiger charge is -2.23. The van der Waals surface area contributed by atoms with Crippen LogP contribution in [0.2, 0.25) is 0 Å². The Labute approximate surface area is 153 Å². The molecule has 1 aliphatic carbocycles. The van der Waals surface area contributed by atoms with Gasteiger partial charge in [0.15, 0.2) is 11.5 Å². The predicted octanol–water partition coefficient (Wildman–Crippen LogP) is 4.14. The topological polar surface area (TPSA) is 59.6 Å². The molecule has 0 unspecified atom stereocenters. The average molecular weight is 352 g/mol. The molecule has 2 aliphatic rings. The maximum atomic E-state index is 12.7. The second-order valence-corrected chi connectivity index (χ2v) is 6.98. The first-order valence-corrected chi connectivity index (χ1v) is 9.19. The van der Waals surface area contributed by atoms with Crippen LogP contribution in [0, 0.1) is 6.92 Å². The van der Waals surface area contributed by atoms with Crippen molar-refractivity contribution in [3.05, 3.63) is 53.1 Å². The van der Waals surface area contributed by atoms with Gasteiger partial charge in [0.2, 0.25) is 0 Å². The third kappa shape index (κ3) is 3.09. The van der Waals surface area contributed by atoms with Crippen molar-refractivity contribution < 1.29 is 14.3 Å². The first kappa shape index (κ1) is 16.8. The van der Waals surface area contributed by atoms with Gasteiger partial charge in [-0.3, -0.25) is 0 Å². The quantitative estimate of drug-likeness (QED) is 0.869. The zero-order valence-corrected chi connectivity index (χ0v) is 15.2. The van der Waals surface area contributed by atoms with Crippen molar-refractivity contribution in [2.75, 3.05) is 18.5 Å². The summed E-state index contributed by atoms with van der Waals surface area (Å²) in [6.07, 6.45) is 2.73. The highest BCUT2D eigenvalue weighted by Crippen LogP contribution is 2.48. The first-order valence-electron chi connectivity index (χ1n) is 9.19. The predicted molar refractivity (Wildman–Crippen MR) is 101 cm³/mol. The minimum Gasteiger partial charge on any atom is -0.486 e. The molecule has 26 heavy (non-hydrogen) atoms. The lowest BCUT2D eigenvalue weighted by atomic mass is 10.0. The molecule has 5 heteroatoms. The molecule has 0 radical (unpaired) electrons. The molecule has 0 bridgehead atoms. The molecule has 2 aromatic rings. The number of carbonyl (C=O) groups excluding carboxylic acids is 1. The number of rotatable bonds is 4. The molecule has 136 valence electrons. The van der Waals surface area contributed by atoms with E-state index in [1.54, 1.807) is 0 Å². The van der Waals surface area contributed by atoms with Crippen LogP contribution in [0.3, 0.4) is 0 Å². The van der Waals surface area contributed by atoms with E-state index in [-0.39, 0.29) is 11.6 Å². The van der Waals surface area contributed by atoms with Gasteiger partial charge in [0.05, 0.1) is 5.54 Å². The summed E-state index contributed by atoms with van der Waals surface area (Å²) in [6, 6.07) is 11.9. The standard InChI is InChI=1S/C21H24N2O3/c1-3-15-6-4-5-14(2)19(15)22-20(24)23-21(9-10-21)16-7-8-17-18(13-16)26-12-11-25-17/h4-8,13H,3,9-12H2,1-2H3,(H2,22,23,24). The number of anilines is 1. The molecule has 2 N–H and O–H groups in total. The normalized spacial score (nSPS) is 16.7. The lowest BCUT2D eigenvalue weighted by Crippen LogP contribution is -2.38. The van der Waals surface area contributed by atoms with E-state index < -0.39 is 0 Å². The van der Waals surface area contributed by atoms with Crippen molar-refractivity contribution in [3.63, 3.8) is 0 Å². The van der Waals surface area contributed by atoms with Crippen molar-refractivity contribution in [1.29, 1.82) is 0 Å². The number of benzene rings is 2. The van der Waals surface area contributed by atoms with E-state index in [9.17, 15) is 4.79 Å². The number of urea groups is 1. The number of nitrogens with one attached hydrogen (secondary N) is 2. The van der Waals surface area contributed by atoms with E-state index >= 15 is 0 Å². The summed E-state index contributed by atoms with van der Waals surface area (Å²) < 4.78 is 11.3. The molecule has 1 fully saturated rings. The molecule has 1 heterocycles. The van der Waals surface area contributed by atoms with Crippen LogP contribution in [0.25, 0.3) is 0 Å². The number of hydrogen-bond donors (Lipinski definition) is 2. The third-order valence-corrected chi connectivity index (χ3v) is 5.18. The summed E-state index contributed by atoms with van der Waals surface area (Å²) in [5, 5.41) is 6.22. The number of fused-ring (bicyclic) bond motifs is 1. The van der Waals surface area contributed by atoms with Crippen LogP contribution in [-0.2, 0) is 12.0 Å². The highest BCUT2D eigenvalue weighted by Gasteiger charge is 2.46. The molecule has 4 rings (SSSR count). The fraction of sp³-hybridized carbons (Fsp3) is 0.381. The second-order valence-electron chi connectivity index (χ2n) is 6.98. The van der Waals surface area contributed by atoms with E-state index in [1.807, 2.05) is 37.3 Å². The van der Waals surface area contributed by atoms with Gasteiger partial charge in [-0.05, 0) is 55.0 Å². The summed E-state index contributed by atoms with van der Waals surface area (Å²) in [4.78, 5) is 12.7. The van der Waals surface area contributed by atoms with E-state index in [4.69, 9.17) is 9.47 Å². The smallest absolute Gasteiger partial charge is 0.319 e. The van der Waals surface area contributed by atoms with E-state index in [0.717, 1.165) is 53.1 Å². The largest absolute Gasteiger partial charge is 0.486 e. The van der Waals surface area contributed by atoms with Crippen molar-refractivity contribution in [3.8, 4) is 11.5 Å². The van der Waals surface area contributed by atoms with E-state index in [0.29, 0.717) is 13.2 Å². The van der Waals surface area contributed by atoms with Crippen LogP contribution in [0.15, 0.2) is 36.4 Å². The van der Waals surface area contributed by atoms with Crippen molar-refractivity contribution in [1.82, 2.24) is 5.32 Å². The molecule has 0 saturated heterocycles. The Balaban J connectivity index is 1.51. The van der Waals surface area contributed by atoms with Crippen LogP contribution >= 0.6 is 0 Å². The van der Waals surface area contributed by atoms with E-state index in [1.165, 1.54) is 0 Å². The van der Waals surface area contributed by atoms with Crippen molar-refractivity contribution in [2.45, 2.75) is 38.6 Å². The fourth-order valence-electron chi connectivity index (χ4n) is 3.52. The van der Waals surface area contributed by atoms with E-state index in [2.05, 4.69) is 23.6 Å². The monoisotopic (exact) mass is 352 g/mol. The summed E-state index contributed by atoms with van der Waals surface area (Å²) in [5.74, 6) is 1.53. The highest BCUT2D eigenvalue weighted by molar-refractivity contribution is 5.92. The number of hydrogen-bond acceptors (Lipinski definition) is 3. The molecular formula is C21H24N2O3. The molecule has 0 spiro atoms. The summed E-state index contributed by atoms with van der Waals surface area (Å²) in [7, 11) is 0. The Bertz CT molecular complexity index is 843. The van der Waals surface area contributed by atoms with Crippen molar-refractivity contribution in [2.24, 2.45) is 0 Å². The first-order chi connectivity index (χ1) is 12.6. The SMILES string of the molecule is CCc1cccc(C)c1NC(=O)NC1(c2ccc3c(c2)OCCO3)CC1. The average Bonchev–Trinajstić information content (AvgIpc) is 3.43. The summed E-state index contributed by atoms with van der Waals surface area (Å²) in [5.41, 5.74) is 3.88. The zero-order valence-electron chi connectivity index (χ0n) is 15.2. The van der Waals surface area contributed by atoms with Gasteiger partial charge in [0, 0.05) is 5.69 Å². The lowest BCUT2D eigenvalue weighted by molar-refractivity contribution is 0.171. The minimum atomic E-state index is -0.311. The Morgan fingerprint density at radius 1 is 1.12 bits per heavy atom. The van der Waals surface area contributed by atoms with Crippen molar-refractivity contribution >= 4 is 11.7 Å². The Kier molecular flexibility index (Phi) is 4.23. The number of ether oxygens (including phenoxy) is 2. The Morgan fingerprint density at radius 3 is 2.62 bits per heavy atom. The van der Waals surface area contributed by atoms with Crippen LogP contribution in [0.4, 0.5) is 10.5 Å². The van der Waals surface area contributed by atoms with Crippen LogP contribution in [0.1, 0.15) is 36.5 Å². The molecule has 2 amide bonds. The van der Waals surface area contributed by atoms with Crippen LogP contribution in [0.5, 0.6) is 11.5 Å². The molecule has 0 atom stereocenters. The van der Waals surface area contributed by atoms with Gasteiger partial charge >= 0.3 is 6.03 Å². The minimum absolute atomic E-state index is 0.165. The summed E-state index contributed by atoms with van der Waals surface area (Å²) in [6.45, 7) is 5.25. The highest BCUT2D eigenvalue weighted by atomic mass is 16.6. The van der Waals surface area contributed by atoms with Crippen LogP contribution < -0.4 is 20.1 Å². The van der Waals surface area contributed by atoms with Gasteiger partial charge in [0.25, 0.3) is 0 Å². The molecular weight excluding hydrogens is 328 g/mol. The molecule has 5 nitrogen and oxygen atoms in total. The van der Waals surface area contributed by atoms with Gasteiger partial charge in [-0.1, -0.05) is 31.2 Å². The van der Waals surface area contributed by atoms with Gasteiger partial charge in [-0.15, -0.1) is 0 Å². The number of carbonyl (C=O) groups is 1. The molecule has 1 saturated carbocycles. The van der Waals surface area contributed by atoms with Gasteiger partial charge in [-0.25, -0.2) is 4.79 Å². The fourth-order valence-corrected chi connectivity index (χ4v) is 3.52. The Morgan fingerprint density at radius 2 is 1.88 bits per heavy atom. The molecule has 0 aromatic heterocycles. The van der Waals surface area contributed by atoms with Crippen LogP contribution in [-0.4, -0.2) is 19.2 Å². The number of aryl methyl sites for hydroxylation is 2. The maximum Gasteiger partial charge on any atom is 0.319 e. The molecule has 1 aliphatic heterocycles. The van der Waals surface area contributed by atoms with Gasteiger partial charge in [-0.2, -0.15) is 0 Å². The van der Waals surface area contributed by atoms with Gasteiger partial charge in [0.1, 0.15) is 13.2 Å². The zero-order chi connectivity index (χ0) is 18.1. The van der Waals surface area contributed by atoms with Gasteiger partial charge < -0.3 is 20.1 Å².